The molecule has 0 spiro atoms. The second kappa shape index (κ2) is 3.70. The van der Waals surface area contributed by atoms with Gasteiger partial charge in [-0.1, -0.05) is 18.5 Å². The maximum absolute atomic E-state index is 13.2. The molecule has 0 saturated heterocycles. The number of aromatic amines is 1. The fraction of sp³-hybridized carbons (Fsp3) is 0.364. The first-order valence-corrected chi connectivity index (χ1v) is 5.36. The van der Waals surface area contributed by atoms with E-state index < -0.39 is 5.92 Å². The van der Waals surface area contributed by atoms with Gasteiger partial charge in [-0.05, 0) is 12.1 Å². The van der Waals surface area contributed by atoms with Crippen LogP contribution in [0, 0.1) is 0 Å². The molecule has 0 aliphatic heterocycles. The summed E-state index contributed by atoms with van der Waals surface area (Å²) in [7, 11) is 0. The summed E-state index contributed by atoms with van der Waals surface area (Å²) in [5, 5.41) is 0.0501. The minimum absolute atomic E-state index is 0.0501. The molecular formula is C11H11ClF2N2. The van der Waals surface area contributed by atoms with E-state index in [1.807, 2.05) is 6.92 Å². The summed E-state index contributed by atoms with van der Waals surface area (Å²) in [6.07, 6.45) is 0.726. The molecule has 2 aromatic rings. The van der Waals surface area contributed by atoms with Crippen molar-refractivity contribution in [2.45, 2.75) is 26.2 Å². The Bertz CT molecular complexity index is 528. The van der Waals surface area contributed by atoms with Gasteiger partial charge in [0.1, 0.15) is 5.82 Å². The quantitative estimate of drug-likeness (QED) is 0.853. The molecule has 5 heteroatoms. The van der Waals surface area contributed by atoms with Gasteiger partial charge in [-0.3, -0.25) is 0 Å². The number of halogens is 3. The minimum Gasteiger partial charge on any atom is -0.342 e. The van der Waals surface area contributed by atoms with E-state index in [1.165, 1.54) is 12.1 Å². The Morgan fingerprint density at radius 2 is 2.12 bits per heavy atom. The second-order valence-corrected chi connectivity index (χ2v) is 4.18. The number of H-pyrrole nitrogens is 1. The van der Waals surface area contributed by atoms with Crippen LogP contribution in [0.4, 0.5) is 8.78 Å². The normalized spacial score (nSPS) is 12.3. The van der Waals surface area contributed by atoms with Gasteiger partial charge in [0.25, 0.3) is 5.92 Å². The van der Waals surface area contributed by atoms with Crippen molar-refractivity contribution in [3.8, 4) is 0 Å². The van der Waals surface area contributed by atoms with Crippen molar-refractivity contribution in [1.29, 1.82) is 0 Å². The fourth-order valence-electron chi connectivity index (χ4n) is 1.59. The highest BCUT2D eigenvalue weighted by molar-refractivity contribution is 6.32. The third kappa shape index (κ3) is 1.89. The van der Waals surface area contributed by atoms with Gasteiger partial charge < -0.3 is 4.98 Å². The van der Waals surface area contributed by atoms with Gasteiger partial charge >= 0.3 is 0 Å². The number of nitrogens with zero attached hydrogens (tertiary/aromatic N) is 1. The summed E-state index contributed by atoms with van der Waals surface area (Å²) in [5.74, 6) is -2.18. The highest BCUT2D eigenvalue weighted by Crippen LogP contribution is 2.35. The summed E-state index contributed by atoms with van der Waals surface area (Å²) in [4.78, 5) is 7.21. The van der Waals surface area contributed by atoms with Crippen LogP contribution >= 0.6 is 11.6 Å². The molecule has 0 aliphatic carbocycles. The number of aryl methyl sites for hydroxylation is 1. The van der Waals surface area contributed by atoms with E-state index in [1.54, 1.807) is 0 Å². The minimum atomic E-state index is -2.94. The lowest BCUT2D eigenvalue weighted by Gasteiger charge is -2.11. The van der Waals surface area contributed by atoms with Gasteiger partial charge in [-0.2, -0.15) is 0 Å². The smallest absolute Gasteiger partial charge is 0.272 e. The number of alkyl halides is 2. The van der Waals surface area contributed by atoms with Crippen LogP contribution in [0.5, 0.6) is 0 Å². The average molecular weight is 245 g/mol. The molecule has 0 atom stereocenters. The van der Waals surface area contributed by atoms with Gasteiger partial charge in [0.15, 0.2) is 0 Å². The Balaban J connectivity index is 2.66. The van der Waals surface area contributed by atoms with Crippen LogP contribution in [0.15, 0.2) is 12.1 Å². The predicted octanol–water partition coefficient (Wildman–Crippen LogP) is 3.89. The van der Waals surface area contributed by atoms with Crippen LogP contribution in [-0.4, -0.2) is 9.97 Å². The molecule has 86 valence electrons. The number of hydrogen-bond acceptors (Lipinski definition) is 1. The predicted molar refractivity (Wildman–Crippen MR) is 60.0 cm³/mol. The Hall–Kier alpha value is -1.16. The Labute approximate surface area is 96.6 Å². The standard InChI is InChI=1S/C11H11ClF2N2/c1-3-10-15-8-4-6(11(2,13)14)7(12)5-9(8)16-10/h4-5H,3H2,1-2H3,(H,15,16). The molecule has 1 N–H and O–H groups in total. The van der Waals surface area contributed by atoms with Gasteiger partial charge in [-0.15, -0.1) is 0 Å². The van der Waals surface area contributed by atoms with Crippen molar-refractivity contribution >= 4 is 22.6 Å². The van der Waals surface area contributed by atoms with Gasteiger partial charge in [0, 0.05) is 18.9 Å². The van der Waals surface area contributed by atoms with E-state index in [2.05, 4.69) is 9.97 Å². The van der Waals surface area contributed by atoms with E-state index in [4.69, 9.17) is 11.6 Å². The van der Waals surface area contributed by atoms with Crippen LogP contribution in [0.1, 0.15) is 25.2 Å². The molecule has 0 bridgehead atoms. The van der Waals surface area contributed by atoms with E-state index in [0.717, 1.165) is 19.2 Å². The molecule has 0 aliphatic rings. The highest BCUT2D eigenvalue weighted by Gasteiger charge is 2.28. The van der Waals surface area contributed by atoms with E-state index in [0.29, 0.717) is 11.0 Å². The molecule has 2 rings (SSSR count). The van der Waals surface area contributed by atoms with Crippen LogP contribution in [-0.2, 0) is 12.3 Å². The number of benzene rings is 1. The van der Waals surface area contributed by atoms with Crippen LogP contribution in [0.25, 0.3) is 11.0 Å². The van der Waals surface area contributed by atoms with Crippen LogP contribution in [0.3, 0.4) is 0 Å². The summed E-state index contributed by atoms with van der Waals surface area (Å²) in [5.41, 5.74) is 1.04. The van der Waals surface area contributed by atoms with E-state index in [9.17, 15) is 8.78 Å². The molecule has 0 unspecified atom stereocenters. The first-order chi connectivity index (χ1) is 7.41. The first kappa shape index (κ1) is 11.3. The highest BCUT2D eigenvalue weighted by atomic mass is 35.5. The number of rotatable bonds is 2. The van der Waals surface area contributed by atoms with Crippen molar-refractivity contribution in [1.82, 2.24) is 9.97 Å². The molecule has 2 nitrogen and oxygen atoms in total. The van der Waals surface area contributed by atoms with E-state index >= 15 is 0 Å². The zero-order valence-electron chi connectivity index (χ0n) is 8.94. The molecule has 1 aromatic carbocycles. The maximum atomic E-state index is 13.2. The molecule has 0 amide bonds. The summed E-state index contributed by atoms with van der Waals surface area (Å²) in [6.45, 7) is 2.77. The van der Waals surface area contributed by atoms with Crippen LogP contribution in [0.2, 0.25) is 5.02 Å². The fourth-order valence-corrected chi connectivity index (χ4v) is 1.91. The van der Waals surface area contributed by atoms with Gasteiger partial charge in [0.05, 0.1) is 16.1 Å². The maximum Gasteiger partial charge on any atom is 0.272 e. The molecule has 16 heavy (non-hydrogen) atoms. The Morgan fingerprint density at radius 1 is 1.44 bits per heavy atom. The average Bonchev–Trinajstić information content (AvgIpc) is 2.56. The SMILES string of the molecule is CCc1nc2cc(Cl)c(C(C)(F)F)cc2[nH]1. The Kier molecular flexibility index (Phi) is 2.62. The summed E-state index contributed by atoms with van der Waals surface area (Å²) < 4.78 is 26.4. The number of nitrogens with one attached hydrogen (secondary N) is 1. The molecule has 1 aromatic heterocycles. The number of hydrogen-bond donors (Lipinski definition) is 1. The topological polar surface area (TPSA) is 28.7 Å². The number of aromatic nitrogens is 2. The molecular weight excluding hydrogens is 234 g/mol. The van der Waals surface area contributed by atoms with Gasteiger partial charge in [0.2, 0.25) is 0 Å². The third-order valence-corrected chi connectivity index (χ3v) is 2.74. The van der Waals surface area contributed by atoms with E-state index in [-0.39, 0.29) is 10.6 Å². The molecule has 1 heterocycles. The monoisotopic (exact) mass is 244 g/mol. The second-order valence-electron chi connectivity index (χ2n) is 3.77. The van der Waals surface area contributed by atoms with Crippen molar-refractivity contribution < 1.29 is 8.78 Å². The zero-order valence-corrected chi connectivity index (χ0v) is 9.70. The van der Waals surface area contributed by atoms with Crippen molar-refractivity contribution in [2.24, 2.45) is 0 Å². The van der Waals surface area contributed by atoms with Crippen molar-refractivity contribution in [3.05, 3.63) is 28.5 Å². The summed E-state index contributed by atoms with van der Waals surface area (Å²) in [6, 6.07) is 2.84. The van der Waals surface area contributed by atoms with Crippen LogP contribution < -0.4 is 0 Å². The van der Waals surface area contributed by atoms with Gasteiger partial charge in [-0.25, -0.2) is 13.8 Å². The zero-order chi connectivity index (χ0) is 11.9. The molecule has 0 saturated carbocycles. The summed E-state index contributed by atoms with van der Waals surface area (Å²) >= 11 is 5.81. The Morgan fingerprint density at radius 3 is 2.69 bits per heavy atom. The lowest BCUT2D eigenvalue weighted by Crippen LogP contribution is -2.07. The first-order valence-electron chi connectivity index (χ1n) is 4.98. The van der Waals surface area contributed by atoms with Crippen molar-refractivity contribution in [3.63, 3.8) is 0 Å². The molecule has 0 radical (unpaired) electrons. The molecule has 0 fully saturated rings. The number of fused-ring (bicyclic) bond motifs is 1. The lowest BCUT2D eigenvalue weighted by atomic mass is 10.1. The largest absolute Gasteiger partial charge is 0.342 e. The third-order valence-electron chi connectivity index (χ3n) is 2.43. The van der Waals surface area contributed by atoms with Crippen molar-refractivity contribution in [2.75, 3.05) is 0 Å². The number of imidazole rings is 1. The lowest BCUT2D eigenvalue weighted by molar-refractivity contribution is 0.0177.